The fourth-order valence-electron chi connectivity index (χ4n) is 2.15. The molecule has 0 saturated heterocycles. The van der Waals surface area contributed by atoms with Gasteiger partial charge in [-0.25, -0.2) is 9.97 Å². The van der Waals surface area contributed by atoms with Gasteiger partial charge in [-0.05, 0) is 25.5 Å². The molecule has 2 rings (SSSR count). The molecule has 0 saturated carbocycles. The van der Waals surface area contributed by atoms with Gasteiger partial charge in [0.1, 0.15) is 5.75 Å². The Hall–Kier alpha value is -2.63. The van der Waals surface area contributed by atoms with Crippen molar-refractivity contribution in [2.45, 2.75) is 20.3 Å². The zero-order chi connectivity index (χ0) is 16.1. The predicted octanol–water partition coefficient (Wildman–Crippen LogP) is 2.18. The molecule has 6 nitrogen and oxygen atoms in total. The number of rotatable bonds is 5. The number of hydrogen-bond donors (Lipinski definition) is 2. The van der Waals surface area contributed by atoms with Gasteiger partial charge in [-0.1, -0.05) is 19.1 Å². The summed E-state index contributed by atoms with van der Waals surface area (Å²) in [5.41, 5.74) is 7.98. The summed E-state index contributed by atoms with van der Waals surface area (Å²) in [6, 6.07) is 7.45. The van der Waals surface area contributed by atoms with Gasteiger partial charge in [0.2, 0.25) is 5.95 Å². The first kappa shape index (κ1) is 15.8. The lowest BCUT2D eigenvalue weighted by Gasteiger charge is -2.12. The fourth-order valence-corrected chi connectivity index (χ4v) is 2.15. The van der Waals surface area contributed by atoms with E-state index in [0.717, 1.165) is 17.7 Å². The molecule has 1 aromatic heterocycles. The summed E-state index contributed by atoms with van der Waals surface area (Å²) in [5.74, 6) is 0.629. The van der Waals surface area contributed by atoms with Gasteiger partial charge in [-0.3, -0.25) is 4.79 Å². The molecule has 0 spiro atoms. The van der Waals surface area contributed by atoms with Crippen LogP contribution in [-0.2, 0) is 0 Å². The first-order valence-corrected chi connectivity index (χ1v) is 7.16. The molecule has 3 N–H and O–H groups in total. The summed E-state index contributed by atoms with van der Waals surface area (Å²) in [6.45, 7) is 4.42. The van der Waals surface area contributed by atoms with E-state index in [9.17, 15) is 4.79 Å². The Kier molecular flexibility index (Phi) is 4.93. The minimum atomic E-state index is -0.243. The molecule has 116 valence electrons. The summed E-state index contributed by atoms with van der Waals surface area (Å²) in [5, 5.41) is 2.61. The first-order valence-electron chi connectivity index (χ1n) is 7.16. The van der Waals surface area contributed by atoms with Crippen LogP contribution in [0.25, 0.3) is 11.3 Å². The Morgan fingerprint density at radius 1 is 1.36 bits per heavy atom. The van der Waals surface area contributed by atoms with Gasteiger partial charge in [-0.15, -0.1) is 0 Å². The molecule has 0 atom stereocenters. The topological polar surface area (TPSA) is 90.1 Å². The second-order valence-electron chi connectivity index (χ2n) is 4.85. The minimum Gasteiger partial charge on any atom is -0.494 e. The maximum Gasteiger partial charge on any atom is 0.255 e. The van der Waals surface area contributed by atoms with Gasteiger partial charge in [-0.2, -0.15) is 0 Å². The Morgan fingerprint density at radius 3 is 2.82 bits per heavy atom. The fraction of sp³-hybridized carbons (Fsp3) is 0.312. The zero-order valence-electron chi connectivity index (χ0n) is 13.0. The number of benzene rings is 1. The highest BCUT2D eigenvalue weighted by Gasteiger charge is 2.18. The number of nitrogens with two attached hydrogens (primary N) is 1. The van der Waals surface area contributed by atoms with Crippen molar-refractivity contribution >= 4 is 11.9 Å². The van der Waals surface area contributed by atoms with Crippen LogP contribution in [0.4, 0.5) is 5.95 Å². The van der Waals surface area contributed by atoms with E-state index in [-0.39, 0.29) is 11.9 Å². The number of nitrogen functional groups attached to an aromatic ring is 1. The number of aromatic nitrogens is 2. The van der Waals surface area contributed by atoms with Crippen LogP contribution in [-0.4, -0.2) is 29.5 Å². The standard InChI is InChI=1S/C16H20N4O2/c1-4-8-22-12-7-5-6-11(9-12)14-13(15(21)18-3)10(2)19-16(17)20-14/h5-7,9H,4,8H2,1-3H3,(H,18,21)(H2,17,19,20). The van der Waals surface area contributed by atoms with Crippen molar-refractivity contribution < 1.29 is 9.53 Å². The van der Waals surface area contributed by atoms with E-state index in [2.05, 4.69) is 15.3 Å². The summed E-state index contributed by atoms with van der Waals surface area (Å²) in [6.07, 6.45) is 0.924. The molecule has 0 aliphatic carbocycles. The second kappa shape index (κ2) is 6.89. The van der Waals surface area contributed by atoms with Crippen molar-refractivity contribution in [2.75, 3.05) is 19.4 Å². The van der Waals surface area contributed by atoms with Gasteiger partial charge < -0.3 is 15.8 Å². The van der Waals surface area contributed by atoms with E-state index in [1.54, 1.807) is 14.0 Å². The van der Waals surface area contributed by atoms with Gasteiger partial charge in [0, 0.05) is 12.6 Å². The van der Waals surface area contributed by atoms with Crippen molar-refractivity contribution in [3.8, 4) is 17.0 Å². The third-order valence-electron chi connectivity index (χ3n) is 3.14. The van der Waals surface area contributed by atoms with Crippen LogP contribution in [0.5, 0.6) is 5.75 Å². The number of carbonyl (C=O) groups excluding carboxylic acids is 1. The van der Waals surface area contributed by atoms with Gasteiger partial charge in [0.15, 0.2) is 0 Å². The van der Waals surface area contributed by atoms with Gasteiger partial charge in [0.25, 0.3) is 5.91 Å². The van der Waals surface area contributed by atoms with Crippen LogP contribution < -0.4 is 15.8 Å². The van der Waals surface area contributed by atoms with Crippen LogP contribution in [0.2, 0.25) is 0 Å². The van der Waals surface area contributed by atoms with E-state index in [4.69, 9.17) is 10.5 Å². The van der Waals surface area contributed by atoms with Crippen LogP contribution in [0.15, 0.2) is 24.3 Å². The lowest BCUT2D eigenvalue weighted by atomic mass is 10.0. The van der Waals surface area contributed by atoms with Crippen molar-refractivity contribution in [1.82, 2.24) is 15.3 Å². The molecule has 1 heterocycles. The van der Waals surface area contributed by atoms with Gasteiger partial charge in [0.05, 0.1) is 23.6 Å². The summed E-state index contributed by atoms with van der Waals surface area (Å²) < 4.78 is 5.63. The maximum absolute atomic E-state index is 12.1. The van der Waals surface area contributed by atoms with Crippen molar-refractivity contribution in [3.05, 3.63) is 35.5 Å². The predicted molar refractivity (Wildman–Crippen MR) is 85.8 cm³/mol. The Bertz CT molecular complexity index is 686. The lowest BCUT2D eigenvalue weighted by Crippen LogP contribution is -2.21. The molecule has 0 aliphatic heterocycles. The number of anilines is 1. The molecule has 0 aliphatic rings. The third-order valence-corrected chi connectivity index (χ3v) is 3.14. The average molecular weight is 300 g/mol. The monoisotopic (exact) mass is 300 g/mol. The van der Waals surface area contributed by atoms with E-state index in [1.165, 1.54) is 0 Å². The summed E-state index contributed by atoms with van der Waals surface area (Å²) in [4.78, 5) is 20.5. The molecule has 0 unspecified atom stereocenters. The Balaban J connectivity index is 2.54. The lowest BCUT2D eigenvalue weighted by molar-refractivity contribution is 0.0962. The van der Waals surface area contributed by atoms with E-state index < -0.39 is 0 Å². The van der Waals surface area contributed by atoms with E-state index in [1.807, 2.05) is 31.2 Å². The number of hydrogen-bond acceptors (Lipinski definition) is 5. The number of nitrogens with one attached hydrogen (secondary N) is 1. The van der Waals surface area contributed by atoms with Crippen LogP contribution in [0, 0.1) is 6.92 Å². The second-order valence-corrected chi connectivity index (χ2v) is 4.85. The molecular weight excluding hydrogens is 280 g/mol. The van der Waals surface area contributed by atoms with Crippen LogP contribution >= 0.6 is 0 Å². The highest BCUT2D eigenvalue weighted by Crippen LogP contribution is 2.27. The van der Waals surface area contributed by atoms with Crippen molar-refractivity contribution in [3.63, 3.8) is 0 Å². The molecule has 0 radical (unpaired) electrons. The average Bonchev–Trinajstić information content (AvgIpc) is 2.51. The van der Waals surface area contributed by atoms with Gasteiger partial charge >= 0.3 is 0 Å². The summed E-state index contributed by atoms with van der Waals surface area (Å²) >= 11 is 0. The van der Waals surface area contributed by atoms with E-state index >= 15 is 0 Å². The Labute approximate surface area is 129 Å². The maximum atomic E-state index is 12.1. The van der Waals surface area contributed by atoms with Crippen molar-refractivity contribution in [2.24, 2.45) is 0 Å². The molecule has 1 aromatic carbocycles. The largest absolute Gasteiger partial charge is 0.494 e. The number of carbonyl (C=O) groups is 1. The molecule has 22 heavy (non-hydrogen) atoms. The van der Waals surface area contributed by atoms with Crippen LogP contribution in [0.1, 0.15) is 29.4 Å². The number of nitrogens with zero attached hydrogens (tertiary/aromatic N) is 2. The van der Waals surface area contributed by atoms with Crippen molar-refractivity contribution in [1.29, 1.82) is 0 Å². The minimum absolute atomic E-state index is 0.139. The molecule has 2 aromatic rings. The zero-order valence-corrected chi connectivity index (χ0v) is 13.0. The quantitative estimate of drug-likeness (QED) is 0.883. The number of aryl methyl sites for hydroxylation is 1. The van der Waals surface area contributed by atoms with E-state index in [0.29, 0.717) is 23.6 Å². The molecular formula is C16H20N4O2. The highest BCUT2D eigenvalue weighted by atomic mass is 16.5. The first-order chi connectivity index (χ1) is 10.6. The molecule has 0 fully saturated rings. The molecule has 6 heteroatoms. The summed E-state index contributed by atoms with van der Waals surface area (Å²) in [7, 11) is 1.57. The highest BCUT2D eigenvalue weighted by molar-refractivity contribution is 6.01. The SMILES string of the molecule is CCCOc1cccc(-c2nc(N)nc(C)c2C(=O)NC)c1. The molecule has 1 amide bonds. The smallest absolute Gasteiger partial charge is 0.255 e. The number of ether oxygens (including phenoxy) is 1. The normalized spacial score (nSPS) is 10.3. The third kappa shape index (κ3) is 3.33. The number of amides is 1. The van der Waals surface area contributed by atoms with Crippen LogP contribution in [0.3, 0.4) is 0 Å². The Morgan fingerprint density at radius 2 is 2.14 bits per heavy atom. The molecule has 0 bridgehead atoms.